The van der Waals surface area contributed by atoms with Crippen LogP contribution in [0.25, 0.3) is 0 Å². The summed E-state index contributed by atoms with van der Waals surface area (Å²) < 4.78 is 12.0. The highest BCUT2D eigenvalue weighted by Crippen LogP contribution is 2.32. The predicted molar refractivity (Wildman–Crippen MR) is 266 cm³/mol. The van der Waals surface area contributed by atoms with E-state index in [-0.39, 0.29) is 86.2 Å². The van der Waals surface area contributed by atoms with E-state index in [0.29, 0.717) is 25.8 Å². The summed E-state index contributed by atoms with van der Waals surface area (Å²) >= 11 is 0. The molecule has 1 N–H and O–H groups in total. The maximum atomic E-state index is 14.8. The Morgan fingerprint density at radius 1 is 0.764 bits per heavy atom. The number of nitrogens with zero attached hydrogens (tertiary/aromatic N) is 5. The van der Waals surface area contributed by atoms with Crippen molar-refractivity contribution in [1.29, 1.82) is 0 Å². The number of ketones is 2. The van der Waals surface area contributed by atoms with Gasteiger partial charge in [0.1, 0.15) is 5.78 Å². The number of imide groups is 2. The summed E-state index contributed by atoms with van der Waals surface area (Å²) in [6.45, 7) is 13.0. The van der Waals surface area contributed by atoms with E-state index in [4.69, 9.17) is 9.47 Å². The largest absolute Gasteiger partial charge is 0.481 e. The number of aliphatic carboxylic acids is 1. The third-order valence-electron chi connectivity index (χ3n) is 15.0. The zero-order valence-corrected chi connectivity index (χ0v) is 44.0. The molecule has 18 nitrogen and oxygen atoms in total. The van der Waals surface area contributed by atoms with Crippen LogP contribution in [0.5, 0.6) is 0 Å². The zero-order chi connectivity index (χ0) is 53.7. The molecule has 1 saturated heterocycles. The van der Waals surface area contributed by atoms with Crippen LogP contribution in [-0.4, -0.2) is 166 Å². The van der Waals surface area contributed by atoms with Crippen LogP contribution < -0.4 is 0 Å². The molecule has 0 saturated carbocycles. The average molecular weight is 1000 g/mol. The predicted octanol–water partition coefficient (Wildman–Crippen LogP) is 4.52. The third-order valence-corrected chi connectivity index (χ3v) is 15.0. The van der Waals surface area contributed by atoms with E-state index in [1.165, 1.54) is 26.2 Å². The van der Waals surface area contributed by atoms with Crippen LogP contribution in [0.3, 0.4) is 0 Å². The number of rotatable bonds is 29. The molecule has 4 rings (SSSR count). The van der Waals surface area contributed by atoms with Crippen LogP contribution in [0.1, 0.15) is 105 Å². The second-order valence-corrected chi connectivity index (χ2v) is 20.4. The SMILES string of the molecule is CC[C@H](C)[C@@H]([C@@H](CC(=O)N1CCC[C@H]1[C@H](OC)[C@@H](C)C(=O)C[C@@H](Cc1ccccc1)C(=O)O)OC)N(C)C(=O)[C@@H](CC(=O)[C@H](C(C)C)N(C)C(=O)CCC(CN1C(=O)C=CC1=O)N1C(=O)C=CC1=O)C(C)C. The standard InChI is InChI=1S/C54H77N5O13/c1-12-34(6)51(43(71-10)30-49(67)57-26-16-19-40(57)52(72-11)35(7)41(60)28-37(54(69)70)27-36-17-14-13-15-18-36)56(9)53(68)39(32(2)3)29-42(61)50(33(4)5)55(8)44(62)21-20-38(59-47(65)24-25-48(59)66)31-58-45(63)22-23-46(58)64/h13-15,17-18,22-25,32-35,37-40,43,50-52H,12,16,19-21,26-31H2,1-11H3,(H,69,70)/t34-,35-,37+,38?,39-,40-,43+,50-,51-,52+/m0/s1. The third kappa shape index (κ3) is 14.4. The molecule has 18 heteroatoms. The molecule has 0 bridgehead atoms. The van der Waals surface area contributed by atoms with Gasteiger partial charge in [-0.05, 0) is 49.0 Å². The van der Waals surface area contributed by atoms with Gasteiger partial charge in [-0.25, -0.2) is 0 Å². The molecule has 0 spiro atoms. The minimum absolute atomic E-state index is 0.0921. The molecule has 0 aromatic heterocycles. The van der Waals surface area contributed by atoms with Crippen molar-refractivity contribution in [2.45, 2.75) is 143 Å². The molecule has 0 aliphatic carbocycles. The molecule has 7 amide bonds. The molecule has 1 fully saturated rings. The Hall–Kier alpha value is -5.88. The van der Waals surface area contributed by atoms with Gasteiger partial charge in [0, 0.05) is 90.3 Å². The molecule has 1 unspecified atom stereocenters. The van der Waals surface area contributed by atoms with Crippen LogP contribution in [0.4, 0.5) is 0 Å². The second-order valence-electron chi connectivity index (χ2n) is 20.4. The number of carboxylic acid groups (broad SMARTS) is 1. The zero-order valence-electron chi connectivity index (χ0n) is 44.0. The summed E-state index contributed by atoms with van der Waals surface area (Å²) in [4.78, 5) is 140. The molecule has 3 aliphatic heterocycles. The molecule has 3 heterocycles. The van der Waals surface area contributed by atoms with Gasteiger partial charge >= 0.3 is 5.97 Å². The number of methoxy groups -OCH3 is 2. The lowest BCUT2D eigenvalue weighted by Crippen LogP contribution is -2.54. The molecular formula is C54H77N5O13. The summed E-state index contributed by atoms with van der Waals surface area (Å²) in [5.74, 6) is -8.54. The Morgan fingerprint density at radius 3 is 1.89 bits per heavy atom. The fourth-order valence-electron chi connectivity index (χ4n) is 10.7. The first-order valence-corrected chi connectivity index (χ1v) is 25.3. The summed E-state index contributed by atoms with van der Waals surface area (Å²) in [5, 5.41) is 10.0. The van der Waals surface area contributed by atoms with E-state index in [9.17, 15) is 53.1 Å². The van der Waals surface area contributed by atoms with Crippen molar-refractivity contribution in [3.05, 3.63) is 60.2 Å². The number of hydrogen-bond acceptors (Lipinski definition) is 12. The monoisotopic (exact) mass is 1000 g/mol. The van der Waals surface area contributed by atoms with Gasteiger partial charge in [0.25, 0.3) is 23.6 Å². The van der Waals surface area contributed by atoms with E-state index in [1.54, 1.807) is 37.6 Å². The number of ether oxygens (including phenoxy) is 2. The number of hydrogen-bond donors (Lipinski definition) is 1. The van der Waals surface area contributed by atoms with Crippen molar-refractivity contribution in [1.82, 2.24) is 24.5 Å². The highest BCUT2D eigenvalue weighted by molar-refractivity contribution is 6.14. The van der Waals surface area contributed by atoms with Crippen molar-refractivity contribution in [3.63, 3.8) is 0 Å². The number of carboxylic acids is 1. The number of carbonyl (C=O) groups is 10. The van der Waals surface area contributed by atoms with Gasteiger partial charge in [0.05, 0.1) is 55.3 Å². The van der Waals surface area contributed by atoms with Crippen LogP contribution in [-0.2, 0) is 63.8 Å². The number of carbonyl (C=O) groups excluding carboxylic acids is 9. The van der Waals surface area contributed by atoms with Gasteiger partial charge in [0.2, 0.25) is 17.7 Å². The Morgan fingerprint density at radius 2 is 1.36 bits per heavy atom. The number of amides is 7. The fourth-order valence-corrected chi connectivity index (χ4v) is 10.7. The second kappa shape index (κ2) is 26.7. The van der Waals surface area contributed by atoms with Gasteiger partial charge in [-0.15, -0.1) is 0 Å². The van der Waals surface area contributed by atoms with Crippen LogP contribution in [0, 0.1) is 35.5 Å². The van der Waals surface area contributed by atoms with Crippen molar-refractivity contribution in [2.24, 2.45) is 35.5 Å². The van der Waals surface area contributed by atoms with Crippen molar-refractivity contribution in [2.75, 3.05) is 41.4 Å². The van der Waals surface area contributed by atoms with Gasteiger partial charge in [-0.3, -0.25) is 57.7 Å². The van der Waals surface area contributed by atoms with Crippen LogP contribution in [0.2, 0.25) is 0 Å². The highest BCUT2D eigenvalue weighted by Gasteiger charge is 2.44. The Labute approximate surface area is 424 Å². The number of Topliss-reactive ketones (excluding diaryl/α,β-unsaturated/α-hetero) is 2. The van der Waals surface area contributed by atoms with Crippen molar-refractivity contribution in [3.8, 4) is 0 Å². The van der Waals surface area contributed by atoms with Gasteiger partial charge < -0.3 is 29.3 Å². The molecule has 72 heavy (non-hydrogen) atoms. The maximum Gasteiger partial charge on any atom is 0.307 e. The molecule has 396 valence electrons. The van der Waals surface area contributed by atoms with E-state index < -0.39 is 89.6 Å². The lowest BCUT2D eigenvalue weighted by atomic mass is 9.83. The van der Waals surface area contributed by atoms with Crippen molar-refractivity contribution >= 4 is 58.9 Å². The first-order valence-electron chi connectivity index (χ1n) is 25.3. The minimum Gasteiger partial charge on any atom is -0.481 e. The molecule has 10 atom stereocenters. The van der Waals surface area contributed by atoms with Gasteiger partial charge in [0.15, 0.2) is 5.78 Å². The van der Waals surface area contributed by atoms with Crippen LogP contribution in [0.15, 0.2) is 54.6 Å². The lowest BCUT2D eigenvalue weighted by molar-refractivity contribution is -0.150. The van der Waals surface area contributed by atoms with E-state index in [0.717, 1.165) is 39.7 Å². The van der Waals surface area contributed by atoms with Crippen molar-refractivity contribution < 1.29 is 62.5 Å². The minimum atomic E-state index is -1.07. The molecule has 0 radical (unpaired) electrons. The normalized spacial score (nSPS) is 19.6. The molecular weight excluding hydrogens is 927 g/mol. The number of likely N-dealkylation sites (N-methyl/N-ethyl adjacent to an activating group) is 2. The Kier molecular flexibility index (Phi) is 21.8. The first-order chi connectivity index (χ1) is 34.0. The summed E-state index contributed by atoms with van der Waals surface area (Å²) in [7, 11) is 6.12. The molecule has 1 aromatic carbocycles. The number of benzene rings is 1. The topological polar surface area (TPSA) is 226 Å². The van der Waals surface area contributed by atoms with E-state index in [1.807, 2.05) is 58.0 Å². The molecule has 3 aliphatic rings. The van der Waals surface area contributed by atoms with Gasteiger partial charge in [-0.1, -0.05) is 85.2 Å². The van der Waals surface area contributed by atoms with E-state index >= 15 is 0 Å². The average Bonchev–Trinajstić information content (AvgIpc) is 4.05. The molecule has 1 aromatic rings. The number of likely N-dealkylation sites (tertiary alicyclic amines) is 1. The summed E-state index contributed by atoms with van der Waals surface area (Å²) in [5.41, 5.74) is 0.811. The smallest absolute Gasteiger partial charge is 0.307 e. The highest BCUT2D eigenvalue weighted by atomic mass is 16.5. The quantitative estimate of drug-likeness (QED) is 0.109. The maximum absolute atomic E-state index is 14.8. The Bertz CT molecular complexity index is 2170. The van der Waals surface area contributed by atoms with Gasteiger partial charge in [-0.2, -0.15) is 0 Å². The van der Waals surface area contributed by atoms with Crippen LogP contribution >= 0.6 is 0 Å². The first kappa shape index (κ1) is 58.7. The Balaban J connectivity index is 1.47. The fraction of sp³-hybridized carbons (Fsp3) is 0.630. The van der Waals surface area contributed by atoms with E-state index in [2.05, 4.69) is 0 Å². The summed E-state index contributed by atoms with van der Waals surface area (Å²) in [6.07, 6.45) is 4.12. The summed E-state index contributed by atoms with van der Waals surface area (Å²) in [6, 6.07) is 6.11. The lowest BCUT2D eigenvalue weighted by Gasteiger charge is -2.41.